The highest BCUT2D eigenvalue weighted by Crippen LogP contribution is 2.24. The zero-order chi connectivity index (χ0) is 18.6. The molecule has 4 rings (SSSR count). The molecule has 0 aliphatic carbocycles. The third kappa shape index (κ3) is 4.40. The van der Waals surface area contributed by atoms with Crippen LogP contribution in [-0.4, -0.2) is 48.6 Å². The Bertz CT molecular complexity index is 891. The van der Waals surface area contributed by atoms with E-state index in [0.717, 1.165) is 49.7 Å². The quantitative estimate of drug-likeness (QED) is 0.705. The fourth-order valence-electron chi connectivity index (χ4n) is 3.53. The second-order valence-electron chi connectivity index (χ2n) is 6.87. The van der Waals surface area contributed by atoms with E-state index in [4.69, 9.17) is 5.11 Å². The normalized spacial score (nSPS) is 17.9. The number of likely N-dealkylation sites (tertiary alicyclic amines) is 1. The lowest BCUT2D eigenvalue weighted by Gasteiger charge is -2.32. The number of aromatic nitrogens is 4. The van der Waals surface area contributed by atoms with Gasteiger partial charge in [0.1, 0.15) is 12.1 Å². The molecule has 0 aromatic carbocycles. The van der Waals surface area contributed by atoms with Crippen LogP contribution in [0, 0.1) is 5.92 Å². The lowest BCUT2D eigenvalue weighted by molar-refractivity contribution is 0.0691. The number of piperidine rings is 1. The van der Waals surface area contributed by atoms with E-state index >= 15 is 0 Å². The molecule has 0 amide bonds. The molecule has 1 N–H and O–H groups in total. The number of imidazole rings is 1. The summed E-state index contributed by atoms with van der Waals surface area (Å²) in [4.78, 5) is 26.2. The van der Waals surface area contributed by atoms with Crippen molar-refractivity contribution in [2.24, 2.45) is 5.92 Å². The van der Waals surface area contributed by atoms with E-state index in [1.165, 1.54) is 16.9 Å². The first kappa shape index (κ1) is 17.8. The Balaban J connectivity index is 1.34. The van der Waals surface area contributed by atoms with Crippen molar-refractivity contribution in [2.45, 2.75) is 25.8 Å². The fraction of sp³-hybridized carbons (Fsp3) is 0.368. The molecule has 1 fully saturated rings. The van der Waals surface area contributed by atoms with Gasteiger partial charge in [0.15, 0.2) is 5.69 Å². The predicted octanol–water partition coefficient (Wildman–Crippen LogP) is 2.88. The van der Waals surface area contributed by atoms with Gasteiger partial charge in [-0.25, -0.2) is 19.7 Å². The number of hydrogen-bond acceptors (Lipinski definition) is 6. The summed E-state index contributed by atoms with van der Waals surface area (Å²) in [6, 6.07) is 4.13. The van der Waals surface area contributed by atoms with E-state index in [0.29, 0.717) is 5.92 Å². The van der Waals surface area contributed by atoms with Gasteiger partial charge in [-0.05, 0) is 36.9 Å². The Hall–Kier alpha value is -2.58. The highest BCUT2D eigenvalue weighted by molar-refractivity contribution is 7.09. The largest absolute Gasteiger partial charge is 0.476 e. The molecule has 0 spiro atoms. The first-order chi connectivity index (χ1) is 13.2. The van der Waals surface area contributed by atoms with Crippen LogP contribution in [0.4, 0.5) is 0 Å². The second kappa shape index (κ2) is 7.98. The first-order valence-electron chi connectivity index (χ1n) is 9.00. The minimum absolute atomic E-state index is 0.159. The van der Waals surface area contributed by atoms with Crippen molar-refractivity contribution >= 4 is 17.3 Å². The molecule has 7 nitrogen and oxygen atoms in total. The molecule has 27 heavy (non-hydrogen) atoms. The first-order valence-corrected chi connectivity index (χ1v) is 9.88. The van der Waals surface area contributed by atoms with Crippen LogP contribution in [0.25, 0.3) is 5.82 Å². The summed E-state index contributed by atoms with van der Waals surface area (Å²) in [5.74, 6) is 0.435. The van der Waals surface area contributed by atoms with Gasteiger partial charge in [0, 0.05) is 43.5 Å². The lowest BCUT2D eigenvalue weighted by atomic mass is 9.95. The summed E-state index contributed by atoms with van der Waals surface area (Å²) < 4.78 is 1.89. The minimum Gasteiger partial charge on any atom is -0.476 e. The summed E-state index contributed by atoms with van der Waals surface area (Å²) >= 11 is 1.45. The molecule has 1 unspecified atom stereocenters. The summed E-state index contributed by atoms with van der Waals surface area (Å²) in [7, 11) is 0. The van der Waals surface area contributed by atoms with Crippen molar-refractivity contribution in [1.82, 2.24) is 24.4 Å². The van der Waals surface area contributed by atoms with Crippen molar-refractivity contribution in [2.75, 3.05) is 13.1 Å². The van der Waals surface area contributed by atoms with Crippen LogP contribution in [0.15, 0.2) is 42.4 Å². The van der Waals surface area contributed by atoms with Gasteiger partial charge in [0.05, 0.1) is 5.01 Å². The van der Waals surface area contributed by atoms with Gasteiger partial charge in [0.2, 0.25) is 0 Å². The summed E-state index contributed by atoms with van der Waals surface area (Å²) in [5, 5.41) is 11.6. The highest BCUT2D eigenvalue weighted by Gasteiger charge is 2.22. The van der Waals surface area contributed by atoms with Gasteiger partial charge in [-0.15, -0.1) is 11.3 Å². The van der Waals surface area contributed by atoms with Crippen molar-refractivity contribution in [3.8, 4) is 5.82 Å². The average molecular weight is 383 g/mol. The smallest absolute Gasteiger partial charge is 0.355 e. The Labute approximate surface area is 161 Å². The van der Waals surface area contributed by atoms with E-state index in [9.17, 15) is 4.79 Å². The molecule has 3 aromatic rings. The molecular formula is C19H21N5O2S. The zero-order valence-electron chi connectivity index (χ0n) is 14.9. The molecule has 1 saturated heterocycles. The van der Waals surface area contributed by atoms with Crippen LogP contribution in [0.5, 0.6) is 0 Å². The molecule has 0 saturated carbocycles. The van der Waals surface area contributed by atoms with E-state index in [2.05, 4.69) is 25.9 Å². The van der Waals surface area contributed by atoms with Crippen LogP contribution in [-0.2, 0) is 13.0 Å². The van der Waals surface area contributed by atoms with E-state index in [-0.39, 0.29) is 5.69 Å². The van der Waals surface area contributed by atoms with Crippen LogP contribution < -0.4 is 0 Å². The maximum atomic E-state index is 11.0. The second-order valence-corrected chi connectivity index (χ2v) is 7.82. The molecular weight excluding hydrogens is 362 g/mol. The van der Waals surface area contributed by atoms with Crippen LogP contribution in [0.3, 0.4) is 0 Å². The SMILES string of the molecule is O=C(O)c1csc(CC2CCCN(Cc3ccc(-n4ccnc4)nc3)C2)n1. The fourth-order valence-corrected chi connectivity index (χ4v) is 4.41. The molecule has 4 heterocycles. The van der Waals surface area contributed by atoms with E-state index < -0.39 is 5.97 Å². The molecule has 1 aliphatic heterocycles. The summed E-state index contributed by atoms with van der Waals surface area (Å²) in [6.07, 6.45) is 10.5. The van der Waals surface area contributed by atoms with Gasteiger partial charge >= 0.3 is 5.97 Å². The van der Waals surface area contributed by atoms with Gasteiger partial charge in [0.25, 0.3) is 0 Å². The van der Waals surface area contributed by atoms with Crippen LogP contribution >= 0.6 is 11.3 Å². The maximum Gasteiger partial charge on any atom is 0.355 e. The number of pyridine rings is 1. The van der Waals surface area contributed by atoms with E-state index in [1.807, 2.05) is 23.0 Å². The van der Waals surface area contributed by atoms with Crippen molar-refractivity contribution in [1.29, 1.82) is 0 Å². The average Bonchev–Trinajstić information content (AvgIpc) is 3.35. The van der Waals surface area contributed by atoms with Gasteiger partial charge < -0.3 is 5.11 Å². The van der Waals surface area contributed by atoms with Gasteiger partial charge in [-0.2, -0.15) is 0 Å². The highest BCUT2D eigenvalue weighted by atomic mass is 32.1. The number of thiazole rings is 1. The van der Waals surface area contributed by atoms with Gasteiger partial charge in [-0.1, -0.05) is 6.07 Å². The Morgan fingerprint density at radius 3 is 3.00 bits per heavy atom. The molecule has 1 atom stereocenters. The van der Waals surface area contributed by atoms with Gasteiger partial charge in [-0.3, -0.25) is 9.47 Å². The number of rotatable bonds is 6. The number of nitrogens with zero attached hydrogens (tertiary/aromatic N) is 5. The number of carboxylic acid groups (broad SMARTS) is 1. The van der Waals surface area contributed by atoms with Crippen LogP contribution in [0.1, 0.15) is 33.9 Å². The zero-order valence-corrected chi connectivity index (χ0v) is 15.7. The third-order valence-corrected chi connectivity index (χ3v) is 5.69. The number of carbonyl (C=O) groups is 1. The molecule has 140 valence electrons. The predicted molar refractivity (Wildman–Crippen MR) is 102 cm³/mol. The number of aromatic carboxylic acids is 1. The summed E-state index contributed by atoms with van der Waals surface area (Å²) in [6.45, 7) is 2.97. The molecule has 8 heteroatoms. The monoisotopic (exact) mass is 383 g/mol. The number of carboxylic acids is 1. The molecule has 1 aliphatic rings. The third-order valence-electron chi connectivity index (χ3n) is 4.82. The number of hydrogen-bond donors (Lipinski definition) is 1. The lowest BCUT2D eigenvalue weighted by Crippen LogP contribution is -2.35. The summed E-state index contributed by atoms with van der Waals surface area (Å²) in [5.41, 5.74) is 1.36. The van der Waals surface area contributed by atoms with Crippen molar-refractivity contribution in [3.05, 3.63) is 58.7 Å². The Kier molecular flexibility index (Phi) is 5.26. The Morgan fingerprint density at radius 2 is 2.30 bits per heavy atom. The molecule has 3 aromatic heterocycles. The molecule has 0 bridgehead atoms. The van der Waals surface area contributed by atoms with E-state index in [1.54, 1.807) is 17.9 Å². The minimum atomic E-state index is -0.950. The standard InChI is InChI=1S/C19H21N5O2S/c25-19(26)16-12-27-18(22-16)8-14-2-1-6-23(10-14)11-15-3-4-17(21-9-15)24-7-5-20-13-24/h3-5,7,9,12-14H,1-2,6,8,10-11H2,(H,25,26). The Morgan fingerprint density at radius 1 is 1.37 bits per heavy atom. The topological polar surface area (TPSA) is 84.1 Å². The van der Waals surface area contributed by atoms with Crippen LogP contribution in [0.2, 0.25) is 0 Å². The maximum absolute atomic E-state index is 11.0. The van der Waals surface area contributed by atoms with Crippen molar-refractivity contribution in [3.63, 3.8) is 0 Å². The molecule has 0 radical (unpaired) electrons. The van der Waals surface area contributed by atoms with Crippen molar-refractivity contribution < 1.29 is 9.90 Å².